The smallest absolute Gasteiger partial charge is 0.416 e. The lowest BCUT2D eigenvalue weighted by atomic mass is 9.83. The number of hydrogen-bond donors (Lipinski definition) is 3. The van der Waals surface area contributed by atoms with Crippen molar-refractivity contribution in [3.8, 4) is 5.75 Å². The highest BCUT2D eigenvalue weighted by Gasteiger charge is 2.36. The molecular formula is C24H28BrF4N3O3. The number of carbonyl (C=O) groups excluding carboxylic acids is 1. The van der Waals surface area contributed by atoms with Crippen molar-refractivity contribution in [3.63, 3.8) is 0 Å². The van der Waals surface area contributed by atoms with Crippen LogP contribution in [0.4, 0.5) is 28.0 Å². The summed E-state index contributed by atoms with van der Waals surface area (Å²) < 4.78 is 59.0. The Morgan fingerprint density at radius 2 is 1.91 bits per heavy atom. The van der Waals surface area contributed by atoms with Crippen LogP contribution in [-0.4, -0.2) is 41.8 Å². The standard InChI is InChI=1S/C24H27F4N3O3.BrH/c1-13-2-4-16-17(22(13)32)11-20(34-21(16)12-29)14-6-8-31(9-7-14)23(33)30-19-10-15(24(26,27)28)3-5-18(19)25;/h2-5,10,14,20-21,32H,6-9,11-12,29H2,1H3,(H,30,33);1H/t20-,21-;/m0./s1. The Morgan fingerprint density at radius 3 is 2.54 bits per heavy atom. The van der Waals surface area contributed by atoms with Crippen molar-refractivity contribution in [1.29, 1.82) is 0 Å². The monoisotopic (exact) mass is 561 g/mol. The summed E-state index contributed by atoms with van der Waals surface area (Å²) in [5.74, 6) is -0.575. The molecule has 2 aliphatic heterocycles. The maximum absolute atomic E-state index is 14.0. The van der Waals surface area contributed by atoms with Crippen molar-refractivity contribution in [2.45, 2.75) is 44.6 Å². The van der Waals surface area contributed by atoms with Crippen LogP contribution in [0, 0.1) is 18.7 Å². The van der Waals surface area contributed by atoms with E-state index in [1.165, 1.54) is 4.90 Å². The number of urea groups is 1. The molecule has 0 aromatic heterocycles. The maximum atomic E-state index is 14.0. The third-order valence-corrected chi connectivity index (χ3v) is 6.71. The normalized spacial score (nSPS) is 20.7. The van der Waals surface area contributed by atoms with Gasteiger partial charge in [0.25, 0.3) is 0 Å². The number of nitrogens with one attached hydrogen (secondary N) is 1. The minimum absolute atomic E-state index is 0. The number of piperidine rings is 1. The van der Waals surface area contributed by atoms with Gasteiger partial charge in [-0.2, -0.15) is 13.2 Å². The number of phenolic OH excluding ortho intramolecular Hbond substituents is 1. The summed E-state index contributed by atoms with van der Waals surface area (Å²) in [6, 6.07) is 5.03. The molecule has 1 fully saturated rings. The number of benzene rings is 2. The van der Waals surface area contributed by atoms with Crippen molar-refractivity contribution in [2.24, 2.45) is 11.7 Å². The lowest BCUT2D eigenvalue weighted by Crippen LogP contribution is -2.45. The molecule has 2 atom stereocenters. The highest BCUT2D eigenvalue weighted by molar-refractivity contribution is 8.93. The zero-order valence-corrected chi connectivity index (χ0v) is 20.8. The van der Waals surface area contributed by atoms with Crippen LogP contribution < -0.4 is 11.1 Å². The minimum Gasteiger partial charge on any atom is -0.507 e. The fourth-order valence-corrected chi connectivity index (χ4v) is 4.75. The van der Waals surface area contributed by atoms with Crippen LogP contribution in [0.25, 0.3) is 0 Å². The van der Waals surface area contributed by atoms with E-state index in [0.29, 0.717) is 50.6 Å². The molecule has 2 amide bonds. The van der Waals surface area contributed by atoms with E-state index in [4.69, 9.17) is 10.5 Å². The summed E-state index contributed by atoms with van der Waals surface area (Å²) in [5.41, 5.74) is 6.88. The summed E-state index contributed by atoms with van der Waals surface area (Å²) in [7, 11) is 0. The highest BCUT2D eigenvalue weighted by atomic mass is 79.9. The van der Waals surface area contributed by atoms with Gasteiger partial charge >= 0.3 is 12.2 Å². The van der Waals surface area contributed by atoms with Crippen LogP contribution in [0.1, 0.15) is 41.2 Å². The first-order valence-corrected chi connectivity index (χ1v) is 11.2. The fourth-order valence-electron chi connectivity index (χ4n) is 4.75. The number of anilines is 1. The Bertz CT molecular complexity index is 1070. The molecule has 0 spiro atoms. The van der Waals surface area contributed by atoms with E-state index < -0.39 is 29.3 Å². The van der Waals surface area contributed by atoms with Gasteiger partial charge in [-0.3, -0.25) is 0 Å². The van der Waals surface area contributed by atoms with Gasteiger partial charge in [0.15, 0.2) is 0 Å². The molecule has 4 N–H and O–H groups in total. The molecule has 2 aromatic carbocycles. The first-order chi connectivity index (χ1) is 16.1. The molecule has 0 radical (unpaired) electrons. The largest absolute Gasteiger partial charge is 0.507 e. The third-order valence-electron chi connectivity index (χ3n) is 6.71. The van der Waals surface area contributed by atoms with E-state index in [9.17, 15) is 27.5 Å². The molecule has 35 heavy (non-hydrogen) atoms. The number of halogens is 5. The molecule has 1 saturated heterocycles. The van der Waals surface area contributed by atoms with Crippen LogP contribution in [0.2, 0.25) is 0 Å². The van der Waals surface area contributed by atoms with Gasteiger partial charge in [-0.1, -0.05) is 12.1 Å². The van der Waals surface area contributed by atoms with Gasteiger partial charge < -0.3 is 25.8 Å². The van der Waals surface area contributed by atoms with Crippen molar-refractivity contribution < 1.29 is 32.2 Å². The Balaban J connectivity index is 0.00000342. The number of carbonyl (C=O) groups is 1. The molecule has 4 rings (SSSR count). The molecule has 0 aliphatic carbocycles. The highest BCUT2D eigenvalue weighted by Crippen LogP contribution is 2.40. The van der Waals surface area contributed by atoms with Crippen molar-refractivity contribution in [3.05, 3.63) is 58.4 Å². The van der Waals surface area contributed by atoms with Crippen LogP contribution in [0.5, 0.6) is 5.75 Å². The summed E-state index contributed by atoms with van der Waals surface area (Å²) in [6.07, 6.45) is -3.42. The summed E-state index contributed by atoms with van der Waals surface area (Å²) >= 11 is 0. The number of nitrogens with two attached hydrogens (primary N) is 1. The molecule has 6 nitrogen and oxygen atoms in total. The quantitative estimate of drug-likeness (QED) is 0.442. The number of amides is 2. The lowest BCUT2D eigenvalue weighted by Gasteiger charge is -2.40. The van der Waals surface area contributed by atoms with Crippen LogP contribution in [0.3, 0.4) is 0 Å². The molecule has 2 aromatic rings. The number of fused-ring (bicyclic) bond motifs is 1. The van der Waals surface area contributed by atoms with Gasteiger partial charge in [0.2, 0.25) is 0 Å². The van der Waals surface area contributed by atoms with Crippen LogP contribution in [-0.2, 0) is 17.3 Å². The zero-order chi connectivity index (χ0) is 24.6. The van der Waals surface area contributed by atoms with Crippen LogP contribution >= 0.6 is 17.0 Å². The van der Waals surface area contributed by atoms with Gasteiger partial charge in [0, 0.05) is 31.6 Å². The van der Waals surface area contributed by atoms with Crippen molar-refractivity contribution in [2.75, 3.05) is 25.0 Å². The Hall–Kier alpha value is -2.37. The van der Waals surface area contributed by atoms with Gasteiger partial charge in [0.05, 0.1) is 23.5 Å². The number of ether oxygens (including phenoxy) is 1. The lowest BCUT2D eigenvalue weighted by molar-refractivity contribution is -0.137. The predicted octanol–water partition coefficient (Wildman–Crippen LogP) is 5.32. The summed E-state index contributed by atoms with van der Waals surface area (Å²) in [6.45, 7) is 2.80. The van der Waals surface area contributed by atoms with E-state index >= 15 is 0 Å². The van der Waals surface area contributed by atoms with E-state index in [2.05, 4.69) is 5.32 Å². The number of likely N-dealkylation sites (tertiary alicyclic amines) is 1. The topological polar surface area (TPSA) is 87.8 Å². The van der Waals surface area contributed by atoms with E-state index in [1.54, 1.807) is 0 Å². The number of phenols is 1. The molecule has 0 unspecified atom stereocenters. The summed E-state index contributed by atoms with van der Waals surface area (Å²) in [5, 5.41) is 12.8. The molecule has 11 heteroatoms. The second-order valence-electron chi connectivity index (χ2n) is 8.85. The van der Waals surface area contributed by atoms with Crippen molar-refractivity contribution >= 4 is 28.7 Å². The van der Waals surface area contributed by atoms with E-state index in [1.807, 2.05) is 19.1 Å². The van der Waals surface area contributed by atoms with Gasteiger partial charge in [-0.15, -0.1) is 17.0 Å². The third kappa shape index (κ3) is 5.73. The second kappa shape index (κ2) is 10.7. The number of aromatic hydroxyl groups is 1. The number of alkyl halides is 3. The number of hydrogen-bond acceptors (Lipinski definition) is 4. The van der Waals surface area contributed by atoms with Gasteiger partial charge in [-0.05, 0) is 55.0 Å². The molecule has 0 bridgehead atoms. The van der Waals surface area contributed by atoms with Crippen molar-refractivity contribution in [1.82, 2.24) is 4.90 Å². The first kappa shape index (κ1) is 27.2. The maximum Gasteiger partial charge on any atom is 0.416 e. The predicted molar refractivity (Wildman–Crippen MR) is 128 cm³/mol. The van der Waals surface area contributed by atoms with Gasteiger partial charge in [0.1, 0.15) is 11.6 Å². The number of aryl methyl sites for hydroxylation is 1. The molecular weight excluding hydrogens is 534 g/mol. The van der Waals surface area contributed by atoms with Crippen LogP contribution in [0.15, 0.2) is 30.3 Å². The Kier molecular flexibility index (Phi) is 8.33. The molecule has 0 saturated carbocycles. The molecule has 2 aliphatic rings. The van der Waals surface area contributed by atoms with E-state index in [-0.39, 0.29) is 47.4 Å². The second-order valence-corrected chi connectivity index (χ2v) is 8.85. The molecule has 2 heterocycles. The Labute approximate surface area is 211 Å². The number of rotatable bonds is 3. The first-order valence-electron chi connectivity index (χ1n) is 11.2. The number of nitrogens with zero attached hydrogens (tertiary/aromatic N) is 1. The minimum atomic E-state index is -4.64. The Morgan fingerprint density at radius 1 is 1.23 bits per heavy atom. The van der Waals surface area contributed by atoms with E-state index in [0.717, 1.165) is 16.7 Å². The summed E-state index contributed by atoms with van der Waals surface area (Å²) in [4.78, 5) is 14.0. The fraction of sp³-hybridized carbons (Fsp3) is 0.458. The molecule has 192 valence electrons. The average molecular weight is 562 g/mol. The zero-order valence-electron chi connectivity index (χ0n) is 19.1. The SMILES string of the molecule is Br.Cc1ccc2c(c1O)C[C@@H](C1CCN(C(=O)Nc3cc(C(F)(F)F)ccc3F)CC1)O[C@H]2CN. The average Bonchev–Trinajstić information content (AvgIpc) is 2.81. The van der Waals surface area contributed by atoms with Gasteiger partial charge in [-0.25, -0.2) is 9.18 Å².